The van der Waals surface area contributed by atoms with Crippen LogP contribution in [0.25, 0.3) is 10.9 Å². The first-order valence-corrected chi connectivity index (χ1v) is 8.94. The van der Waals surface area contributed by atoms with E-state index in [1.807, 2.05) is 12.1 Å². The van der Waals surface area contributed by atoms with Gasteiger partial charge >= 0.3 is 0 Å². The van der Waals surface area contributed by atoms with Crippen LogP contribution in [0, 0.1) is 0 Å². The maximum Gasteiger partial charge on any atom is 0.266 e. The van der Waals surface area contributed by atoms with Gasteiger partial charge in [0.2, 0.25) is 0 Å². The molecule has 1 N–H and O–H groups in total. The van der Waals surface area contributed by atoms with Gasteiger partial charge in [-0.25, -0.2) is 8.18 Å². The Morgan fingerprint density at radius 1 is 1.43 bits per heavy atom. The van der Waals surface area contributed by atoms with Crippen LogP contribution in [0.5, 0.6) is 0 Å². The fraction of sp³-hybridized carbons (Fsp3) is 0.467. The predicted octanol–water partition coefficient (Wildman–Crippen LogP) is 3.20. The molecule has 0 saturated carbocycles. The van der Waals surface area contributed by atoms with Gasteiger partial charge in [-0.3, -0.25) is 4.55 Å². The Morgan fingerprint density at radius 2 is 2.19 bits per heavy atom. The van der Waals surface area contributed by atoms with Crippen molar-refractivity contribution < 1.29 is 8.76 Å². The summed E-state index contributed by atoms with van der Waals surface area (Å²) in [7, 11) is 4.21. The zero-order valence-electron chi connectivity index (χ0n) is 12.2. The van der Waals surface area contributed by atoms with Crippen LogP contribution in [-0.4, -0.2) is 37.8 Å². The van der Waals surface area contributed by atoms with E-state index in [0.29, 0.717) is 6.04 Å². The van der Waals surface area contributed by atoms with Gasteiger partial charge in [-0.15, -0.1) is 0 Å². The fourth-order valence-corrected chi connectivity index (χ4v) is 4.37. The molecule has 114 valence electrons. The molecule has 1 aromatic carbocycles. The highest BCUT2D eigenvalue weighted by Crippen LogP contribution is 2.34. The Hall–Kier alpha value is -0.690. The molecule has 2 unspecified atom stereocenters. The van der Waals surface area contributed by atoms with Gasteiger partial charge < -0.3 is 4.90 Å². The van der Waals surface area contributed by atoms with Crippen LogP contribution in [0.4, 0.5) is 0 Å². The van der Waals surface area contributed by atoms with Crippen molar-refractivity contribution in [2.45, 2.75) is 31.7 Å². The Labute approximate surface area is 135 Å². The molecule has 0 bridgehead atoms. The largest absolute Gasteiger partial charge is 0.306 e. The molecule has 21 heavy (non-hydrogen) atoms. The van der Waals surface area contributed by atoms with Crippen molar-refractivity contribution in [1.82, 2.24) is 8.87 Å². The number of nitrogens with zero attached hydrogens (tertiary/aromatic N) is 2. The summed E-state index contributed by atoms with van der Waals surface area (Å²) in [6, 6.07) is 6.40. The first-order chi connectivity index (χ1) is 9.99. The van der Waals surface area contributed by atoms with Crippen molar-refractivity contribution in [3.8, 4) is 0 Å². The molecule has 1 aliphatic rings. The Morgan fingerprint density at radius 3 is 2.86 bits per heavy atom. The number of hydrogen-bond acceptors (Lipinski definition) is 2. The van der Waals surface area contributed by atoms with Crippen LogP contribution in [0.1, 0.15) is 24.1 Å². The third kappa shape index (κ3) is 2.70. The first-order valence-electron chi connectivity index (χ1n) is 7.08. The van der Waals surface area contributed by atoms with Gasteiger partial charge in [-0.2, -0.15) is 0 Å². The van der Waals surface area contributed by atoms with Crippen molar-refractivity contribution in [1.29, 1.82) is 0 Å². The molecule has 0 amide bonds. The van der Waals surface area contributed by atoms with Gasteiger partial charge in [-0.05, 0) is 63.5 Å². The average Bonchev–Trinajstić information content (AvgIpc) is 2.58. The zero-order valence-corrected chi connectivity index (χ0v) is 14.6. The molecular formula is C15H19BrN2O2S. The van der Waals surface area contributed by atoms with E-state index in [4.69, 9.17) is 0 Å². The van der Waals surface area contributed by atoms with E-state index < -0.39 is 11.3 Å². The van der Waals surface area contributed by atoms with Gasteiger partial charge in [0.25, 0.3) is 11.3 Å². The van der Waals surface area contributed by atoms with Crippen LogP contribution in [0.2, 0.25) is 0 Å². The molecule has 1 aromatic heterocycles. The minimum Gasteiger partial charge on any atom is -0.306 e. The molecule has 4 nitrogen and oxygen atoms in total. The molecule has 2 aromatic rings. The third-order valence-electron chi connectivity index (χ3n) is 4.37. The lowest BCUT2D eigenvalue weighted by molar-refractivity contribution is 0.277. The van der Waals surface area contributed by atoms with Crippen molar-refractivity contribution in [2.24, 2.45) is 0 Å². The van der Waals surface area contributed by atoms with E-state index in [0.717, 1.165) is 46.8 Å². The standard InChI is InChI=1S/C15H19BrN2O2S/c1-17(2)11-4-3-5-14-13(9-11)12-8-10(16)6-7-15(12)18(14)21(19)20/h6-8,11H,3-5,9H2,1-2H3,(H,19,20). The molecule has 0 aliphatic heterocycles. The monoisotopic (exact) mass is 370 g/mol. The molecular weight excluding hydrogens is 352 g/mol. The lowest BCUT2D eigenvalue weighted by Crippen LogP contribution is -2.29. The van der Waals surface area contributed by atoms with E-state index in [1.165, 1.54) is 5.56 Å². The Balaban J connectivity index is 2.25. The average molecular weight is 371 g/mol. The second-order valence-electron chi connectivity index (χ2n) is 5.83. The van der Waals surface area contributed by atoms with Crippen LogP contribution in [-0.2, 0) is 24.1 Å². The minimum absolute atomic E-state index is 0.483. The van der Waals surface area contributed by atoms with Crippen molar-refractivity contribution in [3.05, 3.63) is 33.9 Å². The van der Waals surface area contributed by atoms with Crippen LogP contribution in [0.3, 0.4) is 0 Å². The molecule has 3 rings (SSSR count). The minimum atomic E-state index is -2.01. The van der Waals surface area contributed by atoms with Gasteiger partial charge in [0.15, 0.2) is 0 Å². The SMILES string of the molecule is CN(C)C1CCCc2c(c3cc(Br)ccc3n2S(=O)O)C1. The Kier molecular flexibility index (Phi) is 4.23. The Bertz CT molecular complexity index is 711. The number of aromatic nitrogens is 1. The van der Waals surface area contributed by atoms with Crippen LogP contribution in [0.15, 0.2) is 22.7 Å². The number of benzene rings is 1. The second-order valence-corrected chi connectivity index (χ2v) is 7.57. The first kappa shape index (κ1) is 15.2. The predicted molar refractivity (Wildman–Crippen MR) is 89.9 cm³/mol. The number of hydrogen-bond donors (Lipinski definition) is 1. The molecule has 6 heteroatoms. The number of rotatable bonds is 2. The zero-order chi connectivity index (χ0) is 15.1. The lowest BCUT2D eigenvalue weighted by atomic mass is 10.0. The van der Waals surface area contributed by atoms with Gasteiger partial charge in [0.1, 0.15) is 0 Å². The molecule has 0 fully saturated rings. The number of halogens is 1. The summed E-state index contributed by atoms with van der Waals surface area (Å²) in [5, 5.41) is 1.09. The van der Waals surface area contributed by atoms with E-state index in [-0.39, 0.29) is 0 Å². The van der Waals surface area contributed by atoms with E-state index in [1.54, 1.807) is 3.97 Å². The van der Waals surface area contributed by atoms with Crippen LogP contribution < -0.4 is 0 Å². The normalized spacial score (nSPS) is 20.5. The molecule has 1 aliphatic carbocycles. The number of fused-ring (bicyclic) bond motifs is 3. The molecule has 0 radical (unpaired) electrons. The summed E-state index contributed by atoms with van der Waals surface area (Å²) in [5.41, 5.74) is 3.10. The van der Waals surface area contributed by atoms with Gasteiger partial charge in [0, 0.05) is 21.6 Å². The maximum absolute atomic E-state index is 11.8. The molecule has 1 heterocycles. The van der Waals surface area contributed by atoms with E-state index >= 15 is 0 Å². The van der Waals surface area contributed by atoms with Gasteiger partial charge in [-0.1, -0.05) is 15.9 Å². The number of likely N-dealkylation sites (N-methyl/N-ethyl adjacent to an activating group) is 1. The highest BCUT2D eigenvalue weighted by molar-refractivity contribution is 9.10. The van der Waals surface area contributed by atoms with Crippen molar-refractivity contribution >= 4 is 38.1 Å². The summed E-state index contributed by atoms with van der Waals surface area (Å²) < 4.78 is 24.1. The summed E-state index contributed by atoms with van der Waals surface area (Å²) >= 11 is 1.50. The van der Waals surface area contributed by atoms with E-state index in [9.17, 15) is 8.76 Å². The smallest absolute Gasteiger partial charge is 0.266 e. The van der Waals surface area contributed by atoms with Crippen molar-refractivity contribution in [3.63, 3.8) is 0 Å². The van der Waals surface area contributed by atoms with Crippen molar-refractivity contribution in [2.75, 3.05) is 14.1 Å². The second kappa shape index (κ2) is 5.83. The van der Waals surface area contributed by atoms with E-state index in [2.05, 4.69) is 41.0 Å². The third-order valence-corrected chi connectivity index (χ3v) is 5.60. The lowest BCUT2D eigenvalue weighted by Gasteiger charge is -2.22. The fourth-order valence-electron chi connectivity index (χ4n) is 3.29. The topological polar surface area (TPSA) is 45.5 Å². The van der Waals surface area contributed by atoms with Gasteiger partial charge in [0.05, 0.1) is 5.52 Å². The highest BCUT2D eigenvalue weighted by Gasteiger charge is 2.26. The maximum atomic E-state index is 11.8. The summed E-state index contributed by atoms with van der Waals surface area (Å²) in [6.07, 6.45) is 3.96. The highest BCUT2D eigenvalue weighted by atomic mass is 79.9. The molecule has 0 spiro atoms. The molecule has 2 atom stereocenters. The van der Waals surface area contributed by atoms with Crippen LogP contribution >= 0.6 is 15.9 Å². The molecule has 0 saturated heterocycles. The summed E-state index contributed by atoms with van der Waals surface area (Å²) in [6.45, 7) is 0. The quantitative estimate of drug-likeness (QED) is 0.652. The summed E-state index contributed by atoms with van der Waals surface area (Å²) in [5.74, 6) is 0. The summed E-state index contributed by atoms with van der Waals surface area (Å²) in [4.78, 5) is 2.26.